The number of hydrogen-bond acceptors (Lipinski definition) is 2. The molecule has 2 heteroatoms. The van der Waals surface area contributed by atoms with Gasteiger partial charge in [-0.1, -0.05) is 19.8 Å². The zero-order valence-corrected chi connectivity index (χ0v) is 8.58. The summed E-state index contributed by atoms with van der Waals surface area (Å²) in [5.41, 5.74) is 0. The van der Waals surface area contributed by atoms with E-state index in [4.69, 9.17) is 5.11 Å². The zero-order chi connectivity index (χ0) is 9.68. The fourth-order valence-electron chi connectivity index (χ4n) is 2.33. The molecular formula is C11H22O2. The average molecular weight is 186 g/mol. The van der Waals surface area contributed by atoms with Crippen molar-refractivity contribution in [1.82, 2.24) is 0 Å². The molecule has 1 aliphatic rings. The minimum atomic E-state index is -0.123. The third kappa shape index (κ3) is 3.65. The van der Waals surface area contributed by atoms with Crippen molar-refractivity contribution in [3.05, 3.63) is 0 Å². The van der Waals surface area contributed by atoms with E-state index >= 15 is 0 Å². The number of aliphatic hydroxyl groups excluding tert-OH is 2. The molecule has 78 valence electrons. The van der Waals surface area contributed by atoms with Gasteiger partial charge in [0.15, 0.2) is 0 Å². The van der Waals surface area contributed by atoms with E-state index in [2.05, 4.69) is 0 Å². The Morgan fingerprint density at radius 3 is 2.62 bits per heavy atom. The molecule has 0 aromatic carbocycles. The third-order valence-corrected chi connectivity index (χ3v) is 3.23. The molecule has 1 saturated carbocycles. The van der Waals surface area contributed by atoms with E-state index < -0.39 is 0 Å². The summed E-state index contributed by atoms with van der Waals surface area (Å²) in [7, 11) is 0. The smallest absolute Gasteiger partial charge is 0.0540 e. The van der Waals surface area contributed by atoms with Crippen molar-refractivity contribution >= 4 is 0 Å². The first-order valence-corrected chi connectivity index (χ1v) is 5.55. The predicted octanol–water partition coefficient (Wildman–Crippen LogP) is 1.95. The Kier molecular flexibility index (Phi) is 4.74. The Morgan fingerprint density at radius 2 is 2.00 bits per heavy atom. The summed E-state index contributed by atoms with van der Waals surface area (Å²) in [5, 5.41) is 18.5. The maximum Gasteiger partial charge on any atom is 0.0540 e. The highest BCUT2D eigenvalue weighted by Crippen LogP contribution is 2.31. The standard InChI is InChI=1S/C11H22O2/c1-2-11(13)7-9-4-3-5-10(6-9)8-12/h9-13H,2-8H2,1H3. The van der Waals surface area contributed by atoms with E-state index in [1.165, 1.54) is 19.3 Å². The van der Waals surface area contributed by atoms with Crippen molar-refractivity contribution in [2.45, 2.75) is 51.6 Å². The lowest BCUT2D eigenvalue weighted by molar-refractivity contribution is 0.100. The fraction of sp³-hybridized carbons (Fsp3) is 1.00. The van der Waals surface area contributed by atoms with Gasteiger partial charge in [0.1, 0.15) is 0 Å². The lowest BCUT2D eigenvalue weighted by Gasteiger charge is -2.29. The van der Waals surface area contributed by atoms with Crippen LogP contribution in [0.3, 0.4) is 0 Å². The minimum absolute atomic E-state index is 0.123. The molecule has 0 radical (unpaired) electrons. The molecular weight excluding hydrogens is 164 g/mol. The normalized spacial score (nSPS) is 31.6. The van der Waals surface area contributed by atoms with Gasteiger partial charge in [0.25, 0.3) is 0 Å². The molecule has 2 N–H and O–H groups in total. The number of hydrogen-bond donors (Lipinski definition) is 2. The summed E-state index contributed by atoms with van der Waals surface area (Å²) in [4.78, 5) is 0. The molecule has 1 fully saturated rings. The van der Waals surface area contributed by atoms with Gasteiger partial charge in [-0.2, -0.15) is 0 Å². The summed E-state index contributed by atoms with van der Waals surface area (Å²) in [6, 6.07) is 0. The van der Waals surface area contributed by atoms with E-state index in [0.717, 1.165) is 19.3 Å². The van der Waals surface area contributed by atoms with Gasteiger partial charge in [-0.3, -0.25) is 0 Å². The Morgan fingerprint density at radius 1 is 1.31 bits per heavy atom. The molecule has 0 bridgehead atoms. The molecule has 1 rings (SSSR count). The lowest BCUT2D eigenvalue weighted by atomic mass is 9.79. The van der Waals surface area contributed by atoms with Gasteiger partial charge >= 0.3 is 0 Å². The Balaban J connectivity index is 2.25. The van der Waals surface area contributed by atoms with Gasteiger partial charge in [0.05, 0.1) is 6.10 Å². The second kappa shape index (κ2) is 5.61. The highest BCUT2D eigenvalue weighted by Gasteiger charge is 2.22. The van der Waals surface area contributed by atoms with E-state index in [1.807, 2.05) is 6.92 Å². The van der Waals surface area contributed by atoms with Crippen LogP contribution in [0.4, 0.5) is 0 Å². The molecule has 13 heavy (non-hydrogen) atoms. The molecule has 0 aromatic heterocycles. The van der Waals surface area contributed by atoms with Gasteiger partial charge in [-0.15, -0.1) is 0 Å². The van der Waals surface area contributed by atoms with E-state index in [0.29, 0.717) is 18.4 Å². The highest BCUT2D eigenvalue weighted by atomic mass is 16.3. The van der Waals surface area contributed by atoms with Crippen LogP contribution in [0.2, 0.25) is 0 Å². The van der Waals surface area contributed by atoms with Crippen molar-refractivity contribution in [3.8, 4) is 0 Å². The van der Waals surface area contributed by atoms with Crippen molar-refractivity contribution < 1.29 is 10.2 Å². The summed E-state index contributed by atoms with van der Waals surface area (Å²) in [6.45, 7) is 2.36. The molecule has 0 aliphatic heterocycles. The van der Waals surface area contributed by atoms with Gasteiger partial charge in [-0.25, -0.2) is 0 Å². The van der Waals surface area contributed by atoms with Crippen LogP contribution in [0.25, 0.3) is 0 Å². The molecule has 3 atom stereocenters. The highest BCUT2D eigenvalue weighted by molar-refractivity contribution is 4.74. The van der Waals surface area contributed by atoms with Gasteiger partial charge in [-0.05, 0) is 37.5 Å². The first-order valence-electron chi connectivity index (χ1n) is 5.55. The average Bonchev–Trinajstić information content (AvgIpc) is 2.18. The molecule has 1 aliphatic carbocycles. The van der Waals surface area contributed by atoms with Crippen LogP contribution in [0, 0.1) is 11.8 Å². The van der Waals surface area contributed by atoms with Crippen LogP contribution < -0.4 is 0 Å². The van der Waals surface area contributed by atoms with E-state index in [-0.39, 0.29) is 6.10 Å². The molecule has 0 aromatic rings. The Bertz CT molecular complexity index is 134. The van der Waals surface area contributed by atoms with Crippen molar-refractivity contribution in [2.75, 3.05) is 6.61 Å². The van der Waals surface area contributed by atoms with Crippen molar-refractivity contribution in [3.63, 3.8) is 0 Å². The van der Waals surface area contributed by atoms with Gasteiger partial charge in [0, 0.05) is 6.61 Å². The first-order chi connectivity index (χ1) is 6.26. The third-order valence-electron chi connectivity index (χ3n) is 3.23. The van der Waals surface area contributed by atoms with Crippen LogP contribution in [-0.4, -0.2) is 22.9 Å². The molecule has 0 heterocycles. The maximum absolute atomic E-state index is 9.51. The second-order valence-corrected chi connectivity index (χ2v) is 4.38. The van der Waals surface area contributed by atoms with Crippen molar-refractivity contribution in [1.29, 1.82) is 0 Å². The molecule has 2 nitrogen and oxygen atoms in total. The van der Waals surface area contributed by atoms with E-state index in [1.54, 1.807) is 0 Å². The van der Waals surface area contributed by atoms with Crippen LogP contribution in [0.15, 0.2) is 0 Å². The fourth-order valence-corrected chi connectivity index (χ4v) is 2.33. The molecule has 3 unspecified atom stereocenters. The summed E-state index contributed by atoms with van der Waals surface area (Å²) in [6.07, 6.45) is 6.44. The minimum Gasteiger partial charge on any atom is -0.396 e. The second-order valence-electron chi connectivity index (χ2n) is 4.38. The van der Waals surface area contributed by atoms with Crippen LogP contribution in [-0.2, 0) is 0 Å². The topological polar surface area (TPSA) is 40.5 Å². The summed E-state index contributed by atoms with van der Waals surface area (Å²) >= 11 is 0. The largest absolute Gasteiger partial charge is 0.396 e. The maximum atomic E-state index is 9.51. The number of rotatable bonds is 4. The van der Waals surface area contributed by atoms with Gasteiger partial charge in [0.2, 0.25) is 0 Å². The van der Waals surface area contributed by atoms with Crippen LogP contribution in [0.1, 0.15) is 45.4 Å². The molecule has 0 amide bonds. The number of aliphatic hydroxyl groups is 2. The van der Waals surface area contributed by atoms with Crippen LogP contribution >= 0.6 is 0 Å². The van der Waals surface area contributed by atoms with E-state index in [9.17, 15) is 5.11 Å². The summed E-state index contributed by atoms with van der Waals surface area (Å²) in [5.74, 6) is 1.16. The monoisotopic (exact) mass is 186 g/mol. The Hall–Kier alpha value is -0.0800. The van der Waals surface area contributed by atoms with Gasteiger partial charge < -0.3 is 10.2 Å². The summed E-state index contributed by atoms with van der Waals surface area (Å²) < 4.78 is 0. The SMILES string of the molecule is CCC(O)CC1CCCC(CO)C1. The quantitative estimate of drug-likeness (QED) is 0.704. The Labute approximate surface area is 81.0 Å². The molecule has 0 saturated heterocycles. The lowest BCUT2D eigenvalue weighted by Crippen LogP contribution is -2.22. The zero-order valence-electron chi connectivity index (χ0n) is 8.58. The van der Waals surface area contributed by atoms with Crippen LogP contribution in [0.5, 0.6) is 0 Å². The predicted molar refractivity (Wildman–Crippen MR) is 53.4 cm³/mol. The van der Waals surface area contributed by atoms with Crippen molar-refractivity contribution in [2.24, 2.45) is 11.8 Å². The molecule has 0 spiro atoms. The first kappa shape index (κ1) is 11.0.